The second-order valence-corrected chi connectivity index (χ2v) is 5.35. The molecule has 1 saturated carbocycles. The Labute approximate surface area is 107 Å². The van der Waals surface area contributed by atoms with Gasteiger partial charge in [-0.05, 0) is 30.9 Å². The zero-order valence-electron chi connectivity index (χ0n) is 11.8. The van der Waals surface area contributed by atoms with Crippen molar-refractivity contribution >= 4 is 0 Å². The molecule has 2 atom stereocenters. The van der Waals surface area contributed by atoms with E-state index in [0.717, 1.165) is 18.8 Å². The molecule has 0 aromatic heterocycles. The molecule has 0 saturated heterocycles. The molecule has 2 aliphatic rings. The van der Waals surface area contributed by atoms with Crippen molar-refractivity contribution in [3.8, 4) is 0 Å². The Morgan fingerprint density at radius 3 is 2.71 bits per heavy atom. The van der Waals surface area contributed by atoms with Crippen LogP contribution in [0.15, 0.2) is 24.5 Å². The molecule has 0 N–H and O–H groups in total. The second kappa shape index (κ2) is 7.58. The fourth-order valence-electron chi connectivity index (χ4n) is 2.87. The van der Waals surface area contributed by atoms with E-state index < -0.39 is 0 Å². The maximum atomic E-state index is 8.09. The summed E-state index contributed by atoms with van der Waals surface area (Å²) < 4.78 is 13.5. The summed E-state index contributed by atoms with van der Waals surface area (Å²) in [5.41, 5.74) is 0. The first-order valence-electron chi connectivity index (χ1n) is 7.83. The zero-order chi connectivity index (χ0) is 12.6. The summed E-state index contributed by atoms with van der Waals surface area (Å²) in [7, 11) is 0. The summed E-state index contributed by atoms with van der Waals surface area (Å²) in [5, 5.41) is 0. The molecule has 1 heteroatoms. The summed E-state index contributed by atoms with van der Waals surface area (Å²) in [6.45, 7) is 0. The molecule has 96 valence electrons. The minimum Gasteiger partial charge on any atom is -0.494 e. The van der Waals surface area contributed by atoms with E-state index >= 15 is 0 Å². The van der Waals surface area contributed by atoms with Crippen molar-refractivity contribution in [3.05, 3.63) is 24.5 Å². The molecule has 1 heterocycles. The number of allylic oxidation sites excluding steroid dienone is 2. The van der Waals surface area contributed by atoms with Crippen molar-refractivity contribution in [2.75, 3.05) is 0 Å². The first-order chi connectivity index (χ1) is 8.84. The van der Waals surface area contributed by atoms with Crippen LogP contribution in [0.5, 0.6) is 0 Å². The van der Waals surface area contributed by atoms with Crippen molar-refractivity contribution in [2.24, 2.45) is 5.92 Å². The van der Waals surface area contributed by atoms with E-state index in [0.29, 0.717) is 0 Å². The van der Waals surface area contributed by atoms with Gasteiger partial charge in [0.25, 0.3) is 0 Å². The van der Waals surface area contributed by atoms with E-state index in [2.05, 4.69) is 6.08 Å². The maximum Gasteiger partial charge on any atom is 0.116 e. The lowest BCUT2D eigenvalue weighted by Crippen LogP contribution is -2.08. The summed E-state index contributed by atoms with van der Waals surface area (Å²) in [6.07, 6.45) is 19.5. The van der Waals surface area contributed by atoms with Gasteiger partial charge in [-0.25, -0.2) is 0 Å². The van der Waals surface area contributed by atoms with Gasteiger partial charge in [0, 0.05) is 1.37 Å². The van der Waals surface area contributed by atoms with Crippen LogP contribution < -0.4 is 0 Å². The zero-order valence-corrected chi connectivity index (χ0v) is 10.8. The average Bonchev–Trinajstić information content (AvgIpc) is 2.41. The molecule has 0 bridgehead atoms. The van der Waals surface area contributed by atoms with Gasteiger partial charge in [-0.15, -0.1) is 0 Å². The van der Waals surface area contributed by atoms with Gasteiger partial charge < -0.3 is 4.74 Å². The smallest absolute Gasteiger partial charge is 0.116 e. The topological polar surface area (TPSA) is 9.23 Å². The lowest BCUT2D eigenvalue weighted by molar-refractivity contribution is 0.170. The minimum atomic E-state index is 0.0368. The van der Waals surface area contributed by atoms with Gasteiger partial charge in [-0.2, -0.15) is 0 Å². The van der Waals surface area contributed by atoms with Crippen LogP contribution in [0.3, 0.4) is 0 Å². The second-order valence-electron chi connectivity index (χ2n) is 5.35. The van der Waals surface area contributed by atoms with E-state index in [-0.39, 0.29) is 12.5 Å². The average molecular weight is 235 g/mol. The molecule has 1 aliphatic carbocycles. The molecular weight excluding hydrogens is 208 g/mol. The number of ether oxygens (including phenoxy) is 1. The third-order valence-electron chi connectivity index (χ3n) is 3.91. The Morgan fingerprint density at radius 2 is 1.94 bits per heavy atom. The van der Waals surface area contributed by atoms with Crippen LogP contribution in [0.4, 0.5) is 0 Å². The third-order valence-corrected chi connectivity index (χ3v) is 3.91. The Morgan fingerprint density at radius 1 is 1.06 bits per heavy atom. The lowest BCUT2D eigenvalue weighted by Gasteiger charge is -2.21. The van der Waals surface area contributed by atoms with Crippen molar-refractivity contribution in [2.45, 2.75) is 70.3 Å². The highest BCUT2D eigenvalue weighted by Crippen LogP contribution is 2.28. The predicted octanol–water partition coefficient (Wildman–Crippen LogP) is 4.99. The molecule has 0 aromatic carbocycles. The van der Waals surface area contributed by atoms with Crippen LogP contribution >= 0.6 is 0 Å². The normalized spacial score (nSPS) is 27.5. The molecule has 17 heavy (non-hydrogen) atoms. The Hall–Kier alpha value is -0.720. The SMILES string of the molecule is [2H]C(CCCC1CCCCC1)CC1C=CC=CO1. The third kappa shape index (κ3) is 4.97. The predicted molar refractivity (Wildman–Crippen MR) is 72.8 cm³/mol. The fraction of sp³-hybridized carbons (Fsp3) is 0.750. The molecule has 0 radical (unpaired) electrons. The lowest BCUT2D eigenvalue weighted by atomic mass is 9.85. The molecular formula is C16H26O. The summed E-state index contributed by atoms with van der Waals surface area (Å²) in [5.74, 6) is 0.958. The molecule has 1 fully saturated rings. The standard InChI is InChI=1S/C16H26O/c1-3-9-15(10-4-1)11-5-2-6-12-16-13-7-8-14-17-16/h7-8,13-16H,1-6,9-12H2/i6D. The summed E-state index contributed by atoms with van der Waals surface area (Å²) in [4.78, 5) is 0. The molecule has 1 nitrogen and oxygen atoms in total. The molecule has 0 aromatic rings. The minimum absolute atomic E-state index is 0.0368. The molecule has 2 unspecified atom stereocenters. The van der Waals surface area contributed by atoms with E-state index in [9.17, 15) is 0 Å². The Balaban J connectivity index is 1.55. The van der Waals surface area contributed by atoms with Gasteiger partial charge in [-0.1, -0.05) is 57.4 Å². The van der Waals surface area contributed by atoms with Gasteiger partial charge >= 0.3 is 0 Å². The van der Waals surface area contributed by atoms with Gasteiger partial charge in [0.1, 0.15) is 6.10 Å². The van der Waals surface area contributed by atoms with Crippen molar-refractivity contribution in [1.82, 2.24) is 0 Å². The van der Waals surface area contributed by atoms with Gasteiger partial charge in [0.05, 0.1) is 6.26 Å². The molecule has 0 spiro atoms. The Kier molecular flexibility index (Phi) is 5.07. The molecule has 0 amide bonds. The van der Waals surface area contributed by atoms with Crippen LogP contribution in [0.1, 0.15) is 65.6 Å². The van der Waals surface area contributed by atoms with Crippen LogP contribution in [0.2, 0.25) is 0 Å². The van der Waals surface area contributed by atoms with Crippen LogP contribution in [0.25, 0.3) is 0 Å². The number of hydrogen-bond acceptors (Lipinski definition) is 1. The molecule has 1 aliphatic heterocycles. The highest BCUT2D eigenvalue weighted by Gasteiger charge is 2.12. The van der Waals surface area contributed by atoms with Gasteiger partial charge in [-0.3, -0.25) is 0 Å². The maximum absolute atomic E-state index is 8.09. The highest BCUT2D eigenvalue weighted by molar-refractivity contribution is 5.07. The molecule has 2 rings (SSSR count). The van der Waals surface area contributed by atoms with Gasteiger partial charge in [0.15, 0.2) is 0 Å². The van der Waals surface area contributed by atoms with E-state index in [1.54, 1.807) is 6.26 Å². The largest absolute Gasteiger partial charge is 0.494 e. The van der Waals surface area contributed by atoms with Crippen LogP contribution in [0, 0.1) is 5.92 Å². The van der Waals surface area contributed by atoms with Gasteiger partial charge in [0.2, 0.25) is 0 Å². The van der Waals surface area contributed by atoms with Crippen LogP contribution in [-0.4, -0.2) is 6.10 Å². The quantitative estimate of drug-likeness (QED) is 0.630. The van der Waals surface area contributed by atoms with Crippen molar-refractivity contribution in [3.63, 3.8) is 0 Å². The van der Waals surface area contributed by atoms with E-state index in [1.807, 2.05) is 12.2 Å². The summed E-state index contributed by atoms with van der Waals surface area (Å²) >= 11 is 0. The van der Waals surface area contributed by atoms with E-state index in [1.165, 1.54) is 44.9 Å². The monoisotopic (exact) mass is 235 g/mol. The number of hydrogen-bond donors (Lipinski definition) is 0. The van der Waals surface area contributed by atoms with E-state index in [4.69, 9.17) is 6.11 Å². The fourth-order valence-corrected chi connectivity index (χ4v) is 2.87. The Bertz CT molecular complexity index is 279. The van der Waals surface area contributed by atoms with Crippen molar-refractivity contribution in [1.29, 1.82) is 0 Å². The first-order valence-corrected chi connectivity index (χ1v) is 7.25. The van der Waals surface area contributed by atoms with Crippen molar-refractivity contribution < 1.29 is 6.11 Å². The first kappa shape index (κ1) is 11.4. The summed E-state index contributed by atoms with van der Waals surface area (Å²) in [6, 6.07) is 0. The highest BCUT2D eigenvalue weighted by atomic mass is 16.5. The number of rotatable bonds is 6. The van der Waals surface area contributed by atoms with Crippen LogP contribution in [-0.2, 0) is 4.74 Å².